The average molecular weight is 320 g/mol. The van der Waals surface area contributed by atoms with Crippen LogP contribution in [0, 0.1) is 0 Å². The van der Waals surface area contributed by atoms with Gasteiger partial charge in [0.15, 0.2) is 0 Å². The SMILES string of the molecule is O=C(Nc1nncs1)c1cc(Br)cnc1Cl. The van der Waals surface area contributed by atoms with Crippen LogP contribution in [0.5, 0.6) is 0 Å². The van der Waals surface area contributed by atoms with E-state index in [0.717, 1.165) is 0 Å². The zero-order chi connectivity index (χ0) is 11.5. The van der Waals surface area contributed by atoms with E-state index in [4.69, 9.17) is 11.6 Å². The average Bonchev–Trinajstić information content (AvgIpc) is 2.74. The molecular formula is C8H4BrClN4OS. The van der Waals surface area contributed by atoms with Gasteiger partial charge in [-0.15, -0.1) is 10.2 Å². The van der Waals surface area contributed by atoms with E-state index >= 15 is 0 Å². The van der Waals surface area contributed by atoms with Crippen molar-refractivity contribution in [3.05, 3.63) is 33.0 Å². The molecule has 0 aliphatic carbocycles. The van der Waals surface area contributed by atoms with Crippen LogP contribution < -0.4 is 5.32 Å². The molecule has 2 aromatic rings. The van der Waals surface area contributed by atoms with Crippen molar-refractivity contribution in [3.63, 3.8) is 0 Å². The number of carbonyl (C=O) groups excluding carboxylic acids is 1. The molecule has 0 aromatic carbocycles. The van der Waals surface area contributed by atoms with E-state index < -0.39 is 0 Å². The van der Waals surface area contributed by atoms with Gasteiger partial charge in [0.25, 0.3) is 5.91 Å². The second kappa shape index (κ2) is 4.86. The Hall–Kier alpha value is -1.05. The number of hydrogen-bond acceptors (Lipinski definition) is 5. The van der Waals surface area contributed by atoms with Crippen LogP contribution in [-0.2, 0) is 0 Å². The van der Waals surface area contributed by atoms with E-state index in [1.165, 1.54) is 23.0 Å². The van der Waals surface area contributed by atoms with Crippen molar-refractivity contribution in [2.24, 2.45) is 0 Å². The summed E-state index contributed by atoms with van der Waals surface area (Å²) in [6, 6.07) is 1.59. The summed E-state index contributed by atoms with van der Waals surface area (Å²) in [6.45, 7) is 0. The number of nitrogens with zero attached hydrogens (tertiary/aromatic N) is 3. The number of halogens is 2. The molecule has 0 saturated carbocycles. The van der Waals surface area contributed by atoms with Crippen molar-refractivity contribution in [1.82, 2.24) is 15.2 Å². The van der Waals surface area contributed by atoms with Crippen molar-refractivity contribution in [2.45, 2.75) is 0 Å². The van der Waals surface area contributed by atoms with Gasteiger partial charge in [0.1, 0.15) is 10.7 Å². The number of rotatable bonds is 2. The number of amides is 1. The molecule has 82 valence electrons. The highest BCUT2D eigenvalue weighted by Gasteiger charge is 2.13. The van der Waals surface area contributed by atoms with E-state index in [1.54, 1.807) is 6.07 Å². The molecule has 2 rings (SSSR count). The third kappa shape index (κ3) is 2.55. The first-order valence-corrected chi connectivity index (χ1v) is 6.10. The molecule has 0 atom stereocenters. The van der Waals surface area contributed by atoms with E-state index in [-0.39, 0.29) is 16.6 Å². The smallest absolute Gasteiger partial charge is 0.260 e. The largest absolute Gasteiger partial charge is 0.296 e. The topological polar surface area (TPSA) is 67.8 Å². The summed E-state index contributed by atoms with van der Waals surface area (Å²) < 4.78 is 0.680. The maximum absolute atomic E-state index is 11.8. The highest BCUT2D eigenvalue weighted by atomic mass is 79.9. The summed E-state index contributed by atoms with van der Waals surface area (Å²) in [6.07, 6.45) is 1.52. The van der Waals surface area contributed by atoms with Gasteiger partial charge in [0, 0.05) is 10.7 Å². The third-order valence-electron chi connectivity index (χ3n) is 1.63. The van der Waals surface area contributed by atoms with Gasteiger partial charge in [0.05, 0.1) is 5.56 Å². The number of nitrogens with one attached hydrogen (secondary N) is 1. The van der Waals surface area contributed by atoms with Gasteiger partial charge < -0.3 is 0 Å². The lowest BCUT2D eigenvalue weighted by Crippen LogP contribution is -2.12. The molecule has 0 bridgehead atoms. The van der Waals surface area contributed by atoms with Crippen LogP contribution in [0.15, 0.2) is 22.2 Å². The molecule has 5 nitrogen and oxygen atoms in total. The molecule has 2 aromatic heterocycles. The van der Waals surface area contributed by atoms with Crippen molar-refractivity contribution < 1.29 is 4.79 Å². The van der Waals surface area contributed by atoms with Crippen molar-refractivity contribution in [2.75, 3.05) is 5.32 Å². The standard InChI is InChI=1S/C8H4BrClN4OS/c9-4-1-5(6(10)11-2-4)7(15)13-8-14-12-3-16-8/h1-3H,(H,13,14,15). The second-order valence-corrected chi connectivity index (χ2v) is 4.80. The van der Waals surface area contributed by atoms with Gasteiger partial charge in [-0.3, -0.25) is 10.1 Å². The number of hydrogen-bond donors (Lipinski definition) is 1. The molecule has 0 radical (unpaired) electrons. The molecule has 0 unspecified atom stereocenters. The Bertz CT molecular complexity index is 519. The quantitative estimate of drug-likeness (QED) is 0.864. The lowest BCUT2D eigenvalue weighted by molar-refractivity contribution is 0.102. The number of anilines is 1. The number of aromatic nitrogens is 3. The van der Waals surface area contributed by atoms with Gasteiger partial charge in [-0.1, -0.05) is 22.9 Å². The fourth-order valence-electron chi connectivity index (χ4n) is 0.974. The predicted molar refractivity (Wildman–Crippen MR) is 64.8 cm³/mol. The van der Waals surface area contributed by atoms with E-state index in [1.807, 2.05) is 0 Å². The first-order chi connectivity index (χ1) is 7.66. The van der Waals surface area contributed by atoms with E-state index in [0.29, 0.717) is 9.60 Å². The minimum absolute atomic E-state index is 0.144. The molecule has 1 amide bonds. The summed E-state index contributed by atoms with van der Waals surface area (Å²) in [5.74, 6) is -0.365. The third-order valence-corrected chi connectivity index (χ3v) is 2.97. The number of carbonyl (C=O) groups is 1. The number of pyridine rings is 1. The minimum Gasteiger partial charge on any atom is -0.296 e. The fourth-order valence-corrected chi connectivity index (χ4v) is 1.93. The first kappa shape index (κ1) is 11.4. The normalized spacial score (nSPS) is 10.1. The Kier molecular flexibility index (Phi) is 3.47. The molecule has 2 heterocycles. The van der Waals surface area contributed by atoms with Crippen LogP contribution >= 0.6 is 38.9 Å². The second-order valence-electron chi connectivity index (χ2n) is 2.69. The summed E-state index contributed by atoms with van der Waals surface area (Å²) in [7, 11) is 0. The Morgan fingerprint density at radius 1 is 1.56 bits per heavy atom. The van der Waals surface area contributed by atoms with Crippen molar-refractivity contribution >= 4 is 49.9 Å². The van der Waals surface area contributed by atoms with Gasteiger partial charge >= 0.3 is 0 Å². The molecule has 0 aliphatic rings. The predicted octanol–water partition coefficient (Wildman–Crippen LogP) is 2.60. The molecule has 1 N–H and O–H groups in total. The Morgan fingerprint density at radius 3 is 3.06 bits per heavy atom. The molecule has 8 heteroatoms. The van der Waals surface area contributed by atoms with Crippen LogP contribution in [0.25, 0.3) is 0 Å². The Labute approximate surface area is 108 Å². The zero-order valence-electron chi connectivity index (χ0n) is 7.65. The Morgan fingerprint density at radius 2 is 2.38 bits per heavy atom. The summed E-state index contributed by atoms with van der Waals surface area (Å²) in [5.41, 5.74) is 1.81. The summed E-state index contributed by atoms with van der Waals surface area (Å²) in [5, 5.41) is 10.4. The van der Waals surface area contributed by atoms with E-state index in [9.17, 15) is 4.79 Å². The fraction of sp³-hybridized carbons (Fsp3) is 0. The van der Waals surface area contributed by atoms with E-state index in [2.05, 4.69) is 36.4 Å². The highest BCUT2D eigenvalue weighted by molar-refractivity contribution is 9.10. The monoisotopic (exact) mass is 318 g/mol. The van der Waals surface area contributed by atoms with Crippen molar-refractivity contribution in [1.29, 1.82) is 0 Å². The summed E-state index contributed by atoms with van der Waals surface area (Å²) in [4.78, 5) is 15.6. The lowest BCUT2D eigenvalue weighted by Gasteiger charge is -2.03. The van der Waals surface area contributed by atoms with Crippen molar-refractivity contribution in [3.8, 4) is 0 Å². The molecule has 0 spiro atoms. The van der Waals surface area contributed by atoms with Gasteiger partial charge in [-0.2, -0.15) is 0 Å². The maximum atomic E-state index is 11.8. The molecule has 16 heavy (non-hydrogen) atoms. The summed E-state index contributed by atoms with van der Waals surface area (Å²) >= 11 is 10.2. The van der Waals surface area contributed by atoms with Gasteiger partial charge in [-0.25, -0.2) is 4.98 Å². The molecular weight excluding hydrogens is 316 g/mol. The molecule has 0 aliphatic heterocycles. The minimum atomic E-state index is -0.365. The maximum Gasteiger partial charge on any atom is 0.260 e. The van der Waals surface area contributed by atoms with Gasteiger partial charge in [0.2, 0.25) is 5.13 Å². The Balaban J connectivity index is 2.24. The zero-order valence-corrected chi connectivity index (χ0v) is 10.8. The van der Waals surface area contributed by atoms with Crippen LogP contribution in [-0.4, -0.2) is 21.1 Å². The molecule has 0 saturated heterocycles. The first-order valence-electron chi connectivity index (χ1n) is 4.05. The lowest BCUT2D eigenvalue weighted by atomic mass is 10.3. The van der Waals surface area contributed by atoms with Gasteiger partial charge in [-0.05, 0) is 22.0 Å². The van der Waals surface area contributed by atoms with Crippen LogP contribution in [0.4, 0.5) is 5.13 Å². The van der Waals surface area contributed by atoms with Crippen LogP contribution in [0.1, 0.15) is 10.4 Å². The van der Waals surface area contributed by atoms with Crippen LogP contribution in [0.2, 0.25) is 5.15 Å². The van der Waals surface area contributed by atoms with Crippen LogP contribution in [0.3, 0.4) is 0 Å². The molecule has 0 fully saturated rings. The highest BCUT2D eigenvalue weighted by Crippen LogP contribution is 2.19.